The number of rotatable bonds is 8. The lowest BCUT2D eigenvalue weighted by Gasteiger charge is -2.09. The number of hydrogen-bond donors (Lipinski definition) is 1. The molecule has 0 atom stereocenters. The number of aliphatic imine (C=N–C) groups is 1. The van der Waals surface area contributed by atoms with Crippen molar-refractivity contribution < 1.29 is 41.7 Å². The van der Waals surface area contributed by atoms with E-state index < -0.39 is 52.1 Å². The van der Waals surface area contributed by atoms with Gasteiger partial charge in [0, 0.05) is 12.8 Å². The van der Waals surface area contributed by atoms with Crippen LogP contribution in [0.15, 0.2) is 16.6 Å². The van der Waals surface area contributed by atoms with E-state index in [2.05, 4.69) is 14.5 Å². The molecular formula is C17H17F4NO5. The highest BCUT2D eigenvalue weighted by Gasteiger charge is 2.25. The lowest BCUT2D eigenvalue weighted by molar-refractivity contribution is -0.142. The molecule has 0 saturated heterocycles. The van der Waals surface area contributed by atoms with Gasteiger partial charge in [0.05, 0.1) is 25.2 Å². The third-order valence-corrected chi connectivity index (χ3v) is 3.08. The van der Waals surface area contributed by atoms with Gasteiger partial charge >= 0.3 is 11.9 Å². The number of halogens is 4. The molecule has 10 heteroatoms. The summed E-state index contributed by atoms with van der Waals surface area (Å²) < 4.78 is 62.9. The molecule has 148 valence electrons. The Hall–Kier alpha value is -2.91. The van der Waals surface area contributed by atoms with Gasteiger partial charge in [-0.1, -0.05) is 0 Å². The highest BCUT2D eigenvalue weighted by Crippen LogP contribution is 2.25. The van der Waals surface area contributed by atoms with E-state index in [1.807, 2.05) is 0 Å². The molecule has 1 aromatic carbocycles. The van der Waals surface area contributed by atoms with Crippen molar-refractivity contribution in [2.24, 2.45) is 4.99 Å². The Bertz CT molecular complexity index is 777. The van der Waals surface area contributed by atoms with Crippen molar-refractivity contribution in [2.45, 2.75) is 20.3 Å². The molecule has 27 heavy (non-hydrogen) atoms. The Kier molecular flexibility index (Phi) is 8.43. The fourth-order valence-electron chi connectivity index (χ4n) is 1.85. The molecule has 0 aliphatic heterocycles. The van der Waals surface area contributed by atoms with Crippen LogP contribution >= 0.6 is 0 Å². The molecular weight excluding hydrogens is 374 g/mol. The molecule has 1 rings (SSSR count). The zero-order valence-electron chi connectivity index (χ0n) is 14.5. The van der Waals surface area contributed by atoms with Gasteiger partial charge in [0.2, 0.25) is 0 Å². The summed E-state index contributed by atoms with van der Waals surface area (Å²) in [6.07, 6.45) is 0.612. The number of carbonyl (C=O) groups excluding carboxylic acids is 2. The van der Waals surface area contributed by atoms with Crippen molar-refractivity contribution in [3.63, 3.8) is 0 Å². The molecule has 0 aliphatic carbocycles. The standard InChI is InChI=1S/C17H17F4NO5/c1-3-26-12(23)5-6-22-8-10(17(25)27-4-2)16(24)9-7-11(18)14(20)15(21)13(9)19/h7-8,24H,3-6H2,1-2H3. The van der Waals surface area contributed by atoms with Gasteiger partial charge < -0.3 is 14.6 Å². The second-order valence-electron chi connectivity index (χ2n) is 4.92. The highest BCUT2D eigenvalue weighted by molar-refractivity contribution is 6.15. The second-order valence-corrected chi connectivity index (χ2v) is 4.92. The maximum atomic E-state index is 13.8. The molecule has 0 fully saturated rings. The molecule has 0 aliphatic rings. The number of aliphatic hydroxyl groups excluding tert-OH is 1. The van der Waals surface area contributed by atoms with E-state index in [0.717, 1.165) is 6.21 Å². The first-order valence-corrected chi connectivity index (χ1v) is 7.83. The van der Waals surface area contributed by atoms with Crippen LogP contribution < -0.4 is 0 Å². The van der Waals surface area contributed by atoms with Crippen LogP contribution in [0.1, 0.15) is 25.8 Å². The summed E-state index contributed by atoms with van der Waals surface area (Å²) in [5, 5.41) is 10.1. The van der Waals surface area contributed by atoms with Crippen molar-refractivity contribution >= 4 is 23.9 Å². The SMILES string of the molecule is CCOC(=O)CCN=CC(C(=O)OCC)=C(O)c1cc(F)c(F)c(F)c1F. The highest BCUT2D eigenvalue weighted by atomic mass is 19.2. The minimum atomic E-state index is -2.15. The van der Waals surface area contributed by atoms with Gasteiger partial charge in [0.15, 0.2) is 23.3 Å². The van der Waals surface area contributed by atoms with Crippen LogP contribution in [-0.2, 0) is 19.1 Å². The molecule has 0 saturated carbocycles. The average molecular weight is 391 g/mol. The van der Waals surface area contributed by atoms with Crippen LogP contribution in [0.3, 0.4) is 0 Å². The fourth-order valence-corrected chi connectivity index (χ4v) is 1.85. The van der Waals surface area contributed by atoms with E-state index in [4.69, 9.17) is 0 Å². The molecule has 0 amide bonds. The first-order valence-electron chi connectivity index (χ1n) is 7.83. The number of hydrogen-bond acceptors (Lipinski definition) is 6. The minimum absolute atomic E-state index is 0.124. The van der Waals surface area contributed by atoms with E-state index in [1.54, 1.807) is 6.92 Å². The Balaban J connectivity index is 3.26. The predicted molar refractivity (Wildman–Crippen MR) is 87.1 cm³/mol. The fraction of sp³-hybridized carbons (Fsp3) is 0.353. The first kappa shape index (κ1) is 22.1. The monoisotopic (exact) mass is 391 g/mol. The topological polar surface area (TPSA) is 85.2 Å². The van der Waals surface area contributed by atoms with Gasteiger partial charge in [-0.2, -0.15) is 0 Å². The number of carbonyl (C=O) groups is 2. The summed E-state index contributed by atoms with van der Waals surface area (Å²) in [5.74, 6) is -10.8. The number of ether oxygens (including phenoxy) is 2. The van der Waals surface area contributed by atoms with E-state index >= 15 is 0 Å². The molecule has 0 radical (unpaired) electrons. The smallest absolute Gasteiger partial charge is 0.343 e. The zero-order valence-corrected chi connectivity index (χ0v) is 14.5. The molecule has 0 unspecified atom stereocenters. The molecule has 6 nitrogen and oxygen atoms in total. The Morgan fingerprint density at radius 2 is 1.70 bits per heavy atom. The molecule has 0 spiro atoms. The summed E-state index contributed by atoms with van der Waals surface area (Å²) in [6.45, 7) is 2.95. The third kappa shape index (κ3) is 5.80. The molecule has 1 N–H and O–H groups in total. The predicted octanol–water partition coefficient (Wildman–Crippen LogP) is 3.10. The largest absolute Gasteiger partial charge is 0.506 e. The van der Waals surface area contributed by atoms with E-state index in [9.17, 15) is 32.3 Å². The molecule has 0 heterocycles. The van der Waals surface area contributed by atoms with Gasteiger partial charge in [0.1, 0.15) is 11.3 Å². The average Bonchev–Trinajstić information content (AvgIpc) is 2.62. The molecule has 0 aromatic heterocycles. The van der Waals surface area contributed by atoms with Crippen molar-refractivity contribution in [1.29, 1.82) is 0 Å². The Labute approximate surface area is 152 Å². The van der Waals surface area contributed by atoms with E-state index in [-0.39, 0.29) is 32.2 Å². The number of benzene rings is 1. The minimum Gasteiger partial charge on any atom is -0.506 e. The maximum Gasteiger partial charge on any atom is 0.343 e. The van der Waals surface area contributed by atoms with Crippen LogP contribution in [0.2, 0.25) is 0 Å². The van der Waals surface area contributed by atoms with Gasteiger partial charge in [-0.3, -0.25) is 9.79 Å². The van der Waals surface area contributed by atoms with Crippen molar-refractivity contribution in [1.82, 2.24) is 0 Å². The number of nitrogens with zero attached hydrogens (tertiary/aromatic N) is 1. The second kappa shape index (κ2) is 10.3. The van der Waals surface area contributed by atoms with Crippen LogP contribution in [0, 0.1) is 23.3 Å². The number of esters is 2. The van der Waals surface area contributed by atoms with Crippen LogP contribution in [0.4, 0.5) is 17.6 Å². The van der Waals surface area contributed by atoms with Crippen LogP contribution in [-0.4, -0.2) is 43.0 Å². The first-order chi connectivity index (χ1) is 12.7. The summed E-state index contributed by atoms with van der Waals surface area (Å²) in [4.78, 5) is 26.9. The lowest BCUT2D eigenvalue weighted by Crippen LogP contribution is -2.13. The summed E-state index contributed by atoms with van der Waals surface area (Å²) in [6, 6.07) is 0.189. The van der Waals surface area contributed by atoms with Crippen LogP contribution in [0.5, 0.6) is 0 Å². The Morgan fingerprint density at radius 3 is 2.30 bits per heavy atom. The normalized spacial score (nSPS) is 12.1. The zero-order chi connectivity index (χ0) is 20.6. The lowest BCUT2D eigenvalue weighted by atomic mass is 10.1. The summed E-state index contributed by atoms with van der Waals surface area (Å²) in [7, 11) is 0. The molecule has 0 bridgehead atoms. The van der Waals surface area contributed by atoms with Crippen molar-refractivity contribution in [2.75, 3.05) is 19.8 Å². The van der Waals surface area contributed by atoms with E-state index in [0.29, 0.717) is 0 Å². The van der Waals surface area contributed by atoms with Crippen molar-refractivity contribution in [3.05, 3.63) is 40.5 Å². The van der Waals surface area contributed by atoms with Gasteiger partial charge in [0.25, 0.3) is 0 Å². The summed E-state index contributed by atoms with van der Waals surface area (Å²) in [5.41, 5.74) is -1.82. The maximum absolute atomic E-state index is 13.8. The van der Waals surface area contributed by atoms with Crippen molar-refractivity contribution in [3.8, 4) is 0 Å². The quantitative estimate of drug-likeness (QED) is 0.140. The van der Waals surface area contributed by atoms with E-state index in [1.165, 1.54) is 6.92 Å². The Morgan fingerprint density at radius 1 is 1.07 bits per heavy atom. The summed E-state index contributed by atoms with van der Waals surface area (Å²) >= 11 is 0. The van der Waals surface area contributed by atoms with Crippen LogP contribution in [0.25, 0.3) is 5.76 Å². The number of aliphatic hydroxyl groups is 1. The molecule has 1 aromatic rings. The van der Waals surface area contributed by atoms with Gasteiger partial charge in [-0.15, -0.1) is 0 Å². The van der Waals surface area contributed by atoms with Gasteiger partial charge in [-0.25, -0.2) is 22.4 Å². The third-order valence-electron chi connectivity index (χ3n) is 3.08. The van der Waals surface area contributed by atoms with Gasteiger partial charge in [-0.05, 0) is 19.9 Å².